The first-order chi connectivity index (χ1) is 14.0. The molecule has 1 saturated heterocycles. The van der Waals surface area contributed by atoms with Crippen molar-refractivity contribution in [2.45, 2.75) is 25.8 Å². The van der Waals surface area contributed by atoms with Crippen molar-refractivity contribution in [3.8, 4) is 28.1 Å². The maximum atomic E-state index is 13.1. The molecule has 2 heterocycles. The number of halogens is 1. The molecular weight excluding hydrogens is 367 g/mol. The summed E-state index contributed by atoms with van der Waals surface area (Å²) in [6, 6.07) is 13.9. The van der Waals surface area contributed by atoms with Crippen LogP contribution >= 0.6 is 0 Å². The first kappa shape index (κ1) is 19.3. The third-order valence-corrected chi connectivity index (χ3v) is 5.39. The highest BCUT2D eigenvalue weighted by molar-refractivity contribution is 5.75. The van der Waals surface area contributed by atoms with E-state index in [4.69, 9.17) is 0 Å². The van der Waals surface area contributed by atoms with Gasteiger partial charge in [0.1, 0.15) is 17.4 Å². The molecule has 4 rings (SSSR count). The normalized spacial score (nSPS) is 17.3. The average molecular weight is 392 g/mol. The number of benzene rings is 2. The molecule has 2 N–H and O–H groups in total. The Hall–Kier alpha value is -2.99. The smallest absolute Gasteiger partial charge is 0.149 e. The molecule has 0 spiro atoms. The quantitative estimate of drug-likeness (QED) is 0.686. The van der Waals surface area contributed by atoms with Gasteiger partial charge in [-0.1, -0.05) is 18.2 Å². The van der Waals surface area contributed by atoms with Crippen LogP contribution in [0.25, 0.3) is 22.4 Å². The number of rotatable bonds is 4. The highest BCUT2D eigenvalue weighted by Gasteiger charge is 2.18. The zero-order valence-corrected chi connectivity index (χ0v) is 16.7. The Kier molecular flexibility index (Phi) is 5.45. The zero-order chi connectivity index (χ0) is 20.4. The molecule has 0 aliphatic carbocycles. The van der Waals surface area contributed by atoms with Crippen LogP contribution in [0.4, 0.5) is 10.2 Å². The summed E-state index contributed by atoms with van der Waals surface area (Å²) >= 11 is 0. The van der Waals surface area contributed by atoms with Crippen molar-refractivity contribution < 1.29 is 9.50 Å². The van der Waals surface area contributed by atoms with Gasteiger partial charge in [-0.2, -0.15) is 0 Å². The lowest BCUT2D eigenvalue weighted by Gasteiger charge is -2.30. The monoisotopic (exact) mass is 392 g/mol. The lowest BCUT2D eigenvalue weighted by atomic mass is 10.00. The summed E-state index contributed by atoms with van der Waals surface area (Å²) in [4.78, 5) is 2.32. The van der Waals surface area contributed by atoms with E-state index in [0.29, 0.717) is 17.3 Å². The summed E-state index contributed by atoms with van der Waals surface area (Å²) in [5.74, 6) is 0.599. The van der Waals surface area contributed by atoms with Gasteiger partial charge >= 0.3 is 0 Å². The second-order valence-corrected chi connectivity index (χ2v) is 7.75. The van der Waals surface area contributed by atoms with Gasteiger partial charge in [0.2, 0.25) is 0 Å². The molecule has 1 atom stereocenters. The topological polar surface area (TPSA) is 61.3 Å². The van der Waals surface area contributed by atoms with Crippen molar-refractivity contribution in [1.82, 2.24) is 15.1 Å². The molecule has 1 aliphatic rings. The summed E-state index contributed by atoms with van der Waals surface area (Å²) in [5, 5.41) is 22.8. The highest BCUT2D eigenvalue weighted by atomic mass is 19.1. The van der Waals surface area contributed by atoms with Gasteiger partial charge < -0.3 is 15.3 Å². The van der Waals surface area contributed by atoms with E-state index in [9.17, 15) is 9.50 Å². The molecule has 3 aromatic rings. The fourth-order valence-corrected chi connectivity index (χ4v) is 3.87. The molecular formula is C23H25FN4O. The predicted molar refractivity (Wildman–Crippen MR) is 113 cm³/mol. The van der Waals surface area contributed by atoms with Crippen LogP contribution in [0, 0.1) is 12.7 Å². The fraction of sp³-hybridized carbons (Fsp3) is 0.304. The third kappa shape index (κ3) is 4.38. The van der Waals surface area contributed by atoms with E-state index in [1.807, 2.05) is 25.1 Å². The van der Waals surface area contributed by atoms with Gasteiger partial charge in [-0.05, 0) is 80.4 Å². The largest absolute Gasteiger partial charge is 0.507 e. The SMILES string of the molecule is Cc1cc(N[C@H]2CCCN(C)C2)nnc1-c1ccc(-c2ccc(F)cc2)cc1O. The van der Waals surface area contributed by atoms with Gasteiger partial charge in [-0.15, -0.1) is 10.2 Å². The lowest BCUT2D eigenvalue weighted by Crippen LogP contribution is -2.39. The minimum atomic E-state index is -0.283. The average Bonchev–Trinajstić information content (AvgIpc) is 2.69. The van der Waals surface area contributed by atoms with Gasteiger partial charge in [-0.25, -0.2) is 4.39 Å². The number of nitrogens with zero attached hydrogens (tertiary/aromatic N) is 3. The highest BCUT2D eigenvalue weighted by Crippen LogP contribution is 2.34. The number of likely N-dealkylation sites (tertiary alicyclic amines) is 1. The van der Waals surface area contributed by atoms with E-state index < -0.39 is 0 Å². The van der Waals surface area contributed by atoms with Gasteiger partial charge in [0.25, 0.3) is 0 Å². The molecule has 0 saturated carbocycles. The third-order valence-electron chi connectivity index (χ3n) is 5.39. The minimum Gasteiger partial charge on any atom is -0.507 e. The van der Waals surface area contributed by atoms with E-state index in [1.54, 1.807) is 18.2 Å². The molecule has 29 heavy (non-hydrogen) atoms. The number of anilines is 1. The predicted octanol–water partition coefficient (Wildman–Crippen LogP) is 4.47. The van der Waals surface area contributed by atoms with Crippen LogP contribution in [-0.4, -0.2) is 46.4 Å². The Balaban J connectivity index is 1.55. The number of phenols is 1. The van der Waals surface area contributed by atoms with Crippen molar-refractivity contribution in [2.24, 2.45) is 0 Å². The molecule has 0 bridgehead atoms. The zero-order valence-electron chi connectivity index (χ0n) is 16.7. The van der Waals surface area contributed by atoms with Crippen LogP contribution in [0.2, 0.25) is 0 Å². The number of aromatic hydroxyl groups is 1. The van der Waals surface area contributed by atoms with Crippen LogP contribution in [0.15, 0.2) is 48.5 Å². The number of aromatic nitrogens is 2. The number of likely N-dealkylation sites (N-methyl/N-ethyl adjacent to an activating group) is 1. The molecule has 6 heteroatoms. The van der Waals surface area contributed by atoms with E-state index >= 15 is 0 Å². The molecule has 5 nitrogen and oxygen atoms in total. The van der Waals surface area contributed by atoms with Crippen LogP contribution in [-0.2, 0) is 0 Å². The summed E-state index contributed by atoms with van der Waals surface area (Å²) in [6.45, 7) is 4.10. The molecule has 150 valence electrons. The molecule has 0 radical (unpaired) electrons. The van der Waals surface area contributed by atoms with Crippen molar-refractivity contribution in [3.05, 3.63) is 59.9 Å². The number of piperidine rings is 1. The lowest BCUT2D eigenvalue weighted by molar-refractivity contribution is 0.260. The Morgan fingerprint density at radius 1 is 1.07 bits per heavy atom. The number of aryl methyl sites for hydroxylation is 1. The number of nitrogens with one attached hydrogen (secondary N) is 1. The van der Waals surface area contributed by atoms with Gasteiger partial charge in [0.15, 0.2) is 0 Å². The molecule has 2 aromatic carbocycles. The van der Waals surface area contributed by atoms with Crippen LogP contribution in [0.1, 0.15) is 18.4 Å². The first-order valence-corrected chi connectivity index (χ1v) is 9.88. The summed E-state index contributed by atoms with van der Waals surface area (Å²) < 4.78 is 13.1. The Bertz CT molecular complexity index is 1010. The van der Waals surface area contributed by atoms with Gasteiger partial charge in [-0.3, -0.25) is 0 Å². The molecule has 1 aliphatic heterocycles. The van der Waals surface area contributed by atoms with Gasteiger partial charge in [0, 0.05) is 18.2 Å². The summed E-state index contributed by atoms with van der Waals surface area (Å²) in [7, 11) is 2.13. The maximum absolute atomic E-state index is 13.1. The Morgan fingerprint density at radius 2 is 1.83 bits per heavy atom. The number of phenolic OH excluding ortho intramolecular Hbond substituents is 1. The van der Waals surface area contributed by atoms with E-state index in [1.165, 1.54) is 18.6 Å². The minimum absolute atomic E-state index is 0.124. The van der Waals surface area contributed by atoms with E-state index in [2.05, 4.69) is 27.5 Å². The second kappa shape index (κ2) is 8.17. The maximum Gasteiger partial charge on any atom is 0.149 e. The van der Waals surface area contributed by atoms with Crippen LogP contribution in [0.5, 0.6) is 5.75 Å². The van der Waals surface area contributed by atoms with Crippen molar-refractivity contribution in [1.29, 1.82) is 0 Å². The van der Waals surface area contributed by atoms with Crippen molar-refractivity contribution >= 4 is 5.82 Å². The molecule has 0 unspecified atom stereocenters. The number of hydrogen-bond donors (Lipinski definition) is 2. The fourth-order valence-electron chi connectivity index (χ4n) is 3.87. The Morgan fingerprint density at radius 3 is 2.52 bits per heavy atom. The standard InChI is InChI=1S/C23H25FN4O/c1-15-12-22(25-19-4-3-11-28(2)14-19)26-27-23(15)20-10-7-17(13-21(20)29)16-5-8-18(24)9-6-16/h5-10,12-13,19,29H,3-4,11,14H2,1-2H3,(H,25,26)/t19-/m0/s1. The summed E-state index contributed by atoms with van der Waals surface area (Å²) in [6.07, 6.45) is 2.30. The van der Waals surface area contributed by atoms with Crippen molar-refractivity contribution in [3.63, 3.8) is 0 Å². The van der Waals surface area contributed by atoms with Crippen molar-refractivity contribution in [2.75, 3.05) is 25.5 Å². The first-order valence-electron chi connectivity index (χ1n) is 9.88. The second-order valence-electron chi connectivity index (χ2n) is 7.75. The van der Waals surface area contributed by atoms with Gasteiger partial charge in [0.05, 0.1) is 5.69 Å². The van der Waals surface area contributed by atoms with E-state index in [-0.39, 0.29) is 11.6 Å². The summed E-state index contributed by atoms with van der Waals surface area (Å²) in [5.41, 5.74) is 3.88. The number of hydrogen-bond acceptors (Lipinski definition) is 5. The Labute approximate surface area is 170 Å². The molecule has 0 amide bonds. The van der Waals surface area contributed by atoms with Crippen LogP contribution in [0.3, 0.4) is 0 Å². The molecule has 1 fully saturated rings. The van der Waals surface area contributed by atoms with Crippen LogP contribution < -0.4 is 5.32 Å². The molecule has 1 aromatic heterocycles. The van der Waals surface area contributed by atoms with E-state index in [0.717, 1.165) is 42.0 Å².